The molecular weight excluding hydrogens is 1100 g/mol. The number of nitrogens with one attached hydrogen (secondary N) is 1. The minimum atomic E-state index is -1.67. The Bertz CT molecular complexity index is 2850. The fourth-order valence-electron chi connectivity index (χ4n) is 10.4. The number of aryl methyl sites for hydroxylation is 1. The molecule has 7 aromatic carbocycles. The van der Waals surface area contributed by atoms with Crippen molar-refractivity contribution >= 4 is 43.7 Å². The Balaban J connectivity index is 0.000000389. The largest absolute Gasteiger partial charge is 0.480 e. The van der Waals surface area contributed by atoms with Crippen LogP contribution in [0.1, 0.15) is 157 Å². The molecule has 2 fully saturated rings. The molecule has 0 amide bonds. The van der Waals surface area contributed by atoms with Gasteiger partial charge in [0.25, 0.3) is 0 Å². The number of hydrogen-bond donors (Lipinski definition) is 1. The second kappa shape index (κ2) is 30.4. The van der Waals surface area contributed by atoms with Gasteiger partial charge in [-0.1, -0.05) is 267 Å². The summed E-state index contributed by atoms with van der Waals surface area (Å²) in [6.45, 7) is 21.9. The van der Waals surface area contributed by atoms with E-state index < -0.39 is 22.6 Å². The Morgan fingerprint density at radius 1 is 0.481 bits per heavy atom. The van der Waals surface area contributed by atoms with Crippen molar-refractivity contribution in [3.8, 4) is 17.2 Å². The molecule has 2 saturated heterocycles. The molecule has 0 bridgehead atoms. The average molecular weight is 1190 g/mol. The molecule has 2 heterocycles. The van der Waals surface area contributed by atoms with Gasteiger partial charge in [-0.2, -0.15) is 0 Å². The lowest BCUT2D eigenvalue weighted by Gasteiger charge is -2.41. The average Bonchev–Trinajstić information content (AvgIpc) is 2.89. The van der Waals surface area contributed by atoms with Crippen LogP contribution in [0.4, 0.5) is 0 Å². The molecule has 2 unspecified atom stereocenters. The summed E-state index contributed by atoms with van der Waals surface area (Å²) in [6, 6.07) is 63.9. The Labute approximate surface area is 495 Å². The summed E-state index contributed by atoms with van der Waals surface area (Å²) in [6.07, 6.45) is 10.8. The first-order valence-corrected chi connectivity index (χ1v) is 33.6. The summed E-state index contributed by atoms with van der Waals surface area (Å²) in [7, 11) is 1.91. The highest BCUT2D eigenvalue weighted by molar-refractivity contribution is 7.96. The van der Waals surface area contributed by atoms with Crippen molar-refractivity contribution in [3.05, 3.63) is 232 Å². The van der Waals surface area contributed by atoms with Crippen LogP contribution in [0.25, 0.3) is 0 Å². The fourth-order valence-corrected chi connectivity index (χ4v) is 13.1. The third kappa shape index (κ3) is 17.1. The van der Waals surface area contributed by atoms with Gasteiger partial charge in [0.1, 0.15) is 17.2 Å². The van der Waals surface area contributed by atoms with E-state index in [4.69, 9.17) is 33.1 Å². The summed E-state index contributed by atoms with van der Waals surface area (Å²) < 4.78 is 50.0. The monoisotopic (exact) mass is 1190 g/mol. The van der Waals surface area contributed by atoms with Crippen molar-refractivity contribution < 1.29 is 33.1 Å². The summed E-state index contributed by atoms with van der Waals surface area (Å²) in [4.78, 5) is 0. The van der Waals surface area contributed by atoms with Crippen molar-refractivity contribution in [3.63, 3.8) is 0 Å². The molecular formula is C68H86NO7P5. The van der Waals surface area contributed by atoms with Gasteiger partial charge in [0.2, 0.25) is 0 Å². The highest BCUT2D eigenvalue weighted by Gasteiger charge is 2.46. The molecule has 0 aromatic heterocycles. The zero-order valence-electron chi connectivity index (χ0n) is 50.1. The molecule has 2 aliphatic heterocycles. The highest BCUT2D eigenvalue weighted by Crippen LogP contribution is 2.56. The van der Waals surface area contributed by atoms with Gasteiger partial charge in [-0.15, -0.1) is 0 Å². The van der Waals surface area contributed by atoms with E-state index in [1.165, 1.54) is 90.3 Å². The first-order valence-electron chi connectivity index (χ1n) is 28.9. The van der Waals surface area contributed by atoms with E-state index in [0.29, 0.717) is 34.5 Å². The minimum Gasteiger partial charge on any atom is -0.480 e. The van der Waals surface area contributed by atoms with Crippen LogP contribution in [0.3, 0.4) is 0 Å². The smallest absolute Gasteiger partial charge is 0.397 e. The zero-order chi connectivity index (χ0) is 58.6. The quantitative estimate of drug-likeness (QED) is 0.0566. The lowest BCUT2D eigenvalue weighted by Crippen LogP contribution is -2.45. The lowest BCUT2D eigenvalue weighted by molar-refractivity contribution is -0.0673. The lowest BCUT2D eigenvalue weighted by atomic mass is 9.73. The first kappa shape index (κ1) is 62.6. The maximum absolute atomic E-state index is 6.66. The van der Waals surface area contributed by atoms with E-state index in [0.717, 1.165) is 28.4 Å². The van der Waals surface area contributed by atoms with Gasteiger partial charge in [-0.25, -0.2) is 0 Å². The van der Waals surface area contributed by atoms with Crippen molar-refractivity contribution in [1.29, 1.82) is 5.15 Å². The van der Waals surface area contributed by atoms with Crippen LogP contribution in [0.5, 0.6) is 17.2 Å². The SMILES string of the molecule is CC(C)(c1ccccc1)c1ccc(OP2OCC3(CO2)COP(Oc2ccc(C(C)(C)c4ccccc4)cc2C(C)(C)c2ccccc2)OC3)c(C(C)(C)c2ccccc2)c1.CCCCCCCCCc1ccc(OP)cc1.[3H]N=PP. The molecule has 81 heavy (non-hydrogen) atoms. The first-order chi connectivity index (χ1) is 39.5. The van der Waals surface area contributed by atoms with Crippen LogP contribution in [-0.2, 0) is 46.2 Å². The molecule has 0 radical (unpaired) electrons. The second-order valence-electron chi connectivity index (χ2n) is 23.4. The molecule has 0 aliphatic carbocycles. The van der Waals surface area contributed by atoms with Crippen molar-refractivity contribution in [2.45, 2.75) is 135 Å². The number of unbranched alkanes of at least 4 members (excludes halogenated alkanes) is 6. The number of rotatable bonds is 21. The Morgan fingerprint density at radius 2 is 0.827 bits per heavy atom. The summed E-state index contributed by atoms with van der Waals surface area (Å²) >= 11 is 0. The topological polar surface area (TPSA) is 88.5 Å². The van der Waals surface area contributed by atoms with E-state index >= 15 is 0 Å². The van der Waals surface area contributed by atoms with Gasteiger partial charge in [0.05, 0.1) is 41.3 Å². The molecule has 9 rings (SSSR count). The van der Waals surface area contributed by atoms with Crippen molar-refractivity contribution in [2.24, 2.45) is 5.41 Å². The van der Waals surface area contributed by atoms with Gasteiger partial charge in [0, 0.05) is 40.8 Å². The fraction of sp³-hybridized carbons (Fsp3) is 0.382. The van der Waals surface area contributed by atoms with Crippen LogP contribution < -0.4 is 13.6 Å². The van der Waals surface area contributed by atoms with E-state index in [1.54, 1.807) is 0 Å². The third-order valence-corrected chi connectivity index (χ3v) is 18.4. The van der Waals surface area contributed by atoms with Crippen LogP contribution in [0.2, 0.25) is 1.41 Å². The van der Waals surface area contributed by atoms with Crippen molar-refractivity contribution in [2.75, 3.05) is 26.4 Å². The normalized spacial score (nSPS) is 17.7. The molecule has 2 aliphatic rings. The van der Waals surface area contributed by atoms with Crippen LogP contribution >= 0.6 is 43.7 Å². The van der Waals surface area contributed by atoms with Crippen LogP contribution in [0.15, 0.2) is 182 Å². The molecule has 7 aromatic rings. The zero-order valence-corrected chi connectivity index (χ0v) is 54.1. The maximum Gasteiger partial charge on any atom is 0.397 e. The van der Waals surface area contributed by atoms with Gasteiger partial charge >= 0.3 is 17.2 Å². The molecule has 0 saturated carbocycles. The van der Waals surface area contributed by atoms with Gasteiger partial charge < -0.3 is 31.7 Å². The maximum atomic E-state index is 6.66. The van der Waals surface area contributed by atoms with Crippen molar-refractivity contribution in [1.82, 2.24) is 0 Å². The number of benzene rings is 7. The highest BCUT2D eigenvalue weighted by atomic mass is 32.0. The van der Waals surface area contributed by atoms with Gasteiger partial charge in [-0.3, -0.25) is 5.15 Å². The Morgan fingerprint density at radius 3 is 1.17 bits per heavy atom. The van der Waals surface area contributed by atoms with E-state index in [2.05, 4.69) is 256 Å². The molecule has 430 valence electrons. The third-order valence-electron chi connectivity index (χ3n) is 16.1. The van der Waals surface area contributed by atoms with Crippen LogP contribution in [0, 0.1) is 10.6 Å². The molecule has 2 atom stereocenters. The number of hydrogen-bond acceptors (Lipinski definition) is 8. The molecule has 8 nitrogen and oxygen atoms in total. The van der Waals surface area contributed by atoms with E-state index in [9.17, 15) is 0 Å². The summed E-state index contributed by atoms with van der Waals surface area (Å²) in [5.41, 5.74) is 9.27. The Hall–Kier alpha value is -4.40. The molecule has 13 heteroatoms. The minimum absolute atomic E-state index is 0.219. The second-order valence-corrected chi connectivity index (χ2v) is 26.8. The predicted molar refractivity (Wildman–Crippen MR) is 346 cm³/mol. The standard InChI is InChI=1S/C53H58O6P2.C15H25OP.H3NP2/c1-49(2,39-21-13-9-14-22-39)43-29-31-47(45(33-43)51(5,6)41-25-17-11-18-26-41)58-60-54-35-53(36-55-60)37-56-61(57-38-53)59-48-32-30-44(50(3,4)40-23-15-10-16-24-40)34-46(48)52(7,8)42-27-19-12-20-28-42;1-2-3-4-5-6-7-8-9-14-10-12-15(16-17)13-11-14;1-3-2/h9-34H,35-38H2,1-8H3;10-13H,2-9,17H2,1H3;1H,2H2/i/hT. The Kier molecular flexibility index (Phi) is 23.5. The van der Waals surface area contributed by atoms with Gasteiger partial charge in [0.15, 0.2) is 1.41 Å². The van der Waals surface area contributed by atoms with Gasteiger partial charge in [-0.05, 0) is 76.1 Å². The predicted octanol–water partition coefficient (Wildman–Crippen LogP) is 20.6. The molecule has 1 spiro atoms. The molecule has 1 N–H and O–H groups in total. The summed E-state index contributed by atoms with van der Waals surface area (Å²) in [5.74, 6) is 2.42. The summed E-state index contributed by atoms with van der Waals surface area (Å²) in [5, 5.41) is 2.92. The van der Waals surface area contributed by atoms with E-state index in [1.807, 2.05) is 12.1 Å². The van der Waals surface area contributed by atoms with Crippen LogP contribution in [-0.4, -0.2) is 26.4 Å². The van der Waals surface area contributed by atoms with E-state index in [-0.39, 0.29) is 21.7 Å².